The molecule has 1 aromatic heterocycles. The number of para-hydroxylation sites is 1. The highest BCUT2D eigenvalue weighted by Gasteiger charge is 2.31. The van der Waals surface area contributed by atoms with Crippen molar-refractivity contribution in [1.29, 1.82) is 0 Å². The fourth-order valence-corrected chi connectivity index (χ4v) is 4.71. The number of aryl methyl sites for hydroxylation is 1. The van der Waals surface area contributed by atoms with Gasteiger partial charge in [-0.05, 0) is 49.6 Å². The third-order valence-electron chi connectivity index (χ3n) is 5.51. The van der Waals surface area contributed by atoms with Crippen LogP contribution in [0, 0.1) is 0 Å². The first-order chi connectivity index (χ1) is 15.5. The van der Waals surface area contributed by atoms with Crippen LogP contribution in [-0.4, -0.2) is 44.7 Å². The van der Waals surface area contributed by atoms with Gasteiger partial charge in [-0.1, -0.05) is 49.4 Å². The first-order valence-electron chi connectivity index (χ1n) is 10.9. The zero-order chi connectivity index (χ0) is 22.7. The van der Waals surface area contributed by atoms with E-state index < -0.39 is 5.25 Å². The van der Waals surface area contributed by atoms with Crippen LogP contribution >= 0.6 is 11.8 Å². The van der Waals surface area contributed by atoms with Gasteiger partial charge in [0.15, 0.2) is 5.16 Å². The third kappa shape index (κ3) is 4.41. The molecular formula is C24H26N4O3S. The van der Waals surface area contributed by atoms with E-state index in [0.717, 1.165) is 19.3 Å². The van der Waals surface area contributed by atoms with Crippen LogP contribution in [-0.2, 0) is 11.2 Å². The van der Waals surface area contributed by atoms with E-state index >= 15 is 0 Å². The maximum atomic E-state index is 13.4. The van der Waals surface area contributed by atoms with Gasteiger partial charge in [0, 0.05) is 13.1 Å². The molecule has 166 valence electrons. The lowest BCUT2D eigenvalue weighted by Gasteiger charge is -2.19. The highest BCUT2D eigenvalue weighted by Crippen LogP contribution is 2.26. The maximum Gasteiger partial charge on any atom is 0.324 e. The van der Waals surface area contributed by atoms with E-state index in [1.807, 2.05) is 36.4 Å². The van der Waals surface area contributed by atoms with Crippen molar-refractivity contribution >= 4 is 34.6 Å². The minimum atomic E-state index is -0.581. The molecule has 4 rings (SSSR count). The van der Waals surface area contributed by atoms with Gasteiger partial charge in [0.2, 0.25) is 5.91 Å². The number of hydrogen-bond donors (Lipinski definition) is 1. The van der Waals surface area contributed by atoms with Gasteiger partial charge in [0.05, 0.1) is 21.8 Å². The normalized spacial score (nSPS) is 14.6. The second-order valence-corrected chi connectivity index (χ2v) is 9.11. The Morgan fingerprint density at radius 2 is 1.91 bits per heavy atom. The quantitative estimate of drug-likeness (QED) is 0.438. The predicted octanol–water partition coefficient (Wildman–Crippen LogP) is 3.76. The standard InChI is InChI=1S/C24H26N4O3S/c1-3-4-7-17-10-12-18(13-11-17)28-22(30)19-8-5-6-9-20(19)26-24(28)32-16(2)21(29)27-15-14-25-23(27)31/h5-6,8-13,16H,3-4,7,14-15H2,1-2H3,(H,25,31). The van der Waals surface area contributed by atoms with Gasteiger partial charge in [0.1, 0.15) is 0 Å². The van der Waals surface area contributed by atoms with Crippen molar-refractivity contribution in [2.75, 3.05) is 13.1 Å². The second kappa shape index (κ2) is 9.56. The van der Waals surface area contributed by atoms with E-state index in [1.54, 1.807) is 23.6 Å². The Kier molecular flexibility index (Phi) is 6.60. The summed E-state index contributed by atoms with van der Waals surface area (Å²) in [5.41, 5.74) is 2.32. The molecule has 3 aromatic rings. The number of rotatable bonds is 7. The zero-order valence-corrected chi connectivity index (χ0v) is 19.0. The van der Waals surface area contributed by atoms with Crippen molar-refractivity contribution < 1.29 is 9.59 Å². The molecule has 7 nitrogen and oxygen atoms in total. The molecule has 0 bridgehead atoms. The van der Waals surface area contributed by atoms with Crippen LogP contribution in [0.5, 0.6) is 0 Å². The lowest BCUT2D eigenvalue weighted by atomic mass is 10.1. The van der Waals surface area contributed by atoms with Crippen LogP contribution in [0.4, 0.5) is 4.79 Å². The molecule has 1 N–H and O–H groups in total. The molecule has 1 aliphatic rings. The molecule has 2 aromatic carbocycles. The molecule has 2 heterocycles. The van der Waals surface area contributed by atoms with Crippen LogP contribution in [0.1, 0.15) is 32.3 Å². The molecule has 0 radical (unpaired) electrons. The molecule has 0 spiro atoms. The topological polar surface area (TPSA) is 84.3 Å². The summed E-state index contributed by atoms with van der Waals surface area (Å²) in [7, 11) is 0. The minimum absolute atomic E-state index is 0.182. The molecule has 1 fully saturated rings. The lowest BCUT2D eigenvalue weighted by molar-refractivity contribution is -0.126. The van der Waals surface area contributed by atoms with E-state index in [-0.39, 0.29) is 17.5 Å². The summed E-state index contributed by atoms with van der Waals surface area (Å²) in [6.45, 7) is 4.69. The van der Waals surface area contributed by atoms with Crippen LogP contribution in [0.25, 0.3) is 16.6 Å². The summed E-state index contributed by atoms with van der Waals surface area (Å²) in [6, 6.07) is 14.7. The lowest BCUT2D eigenvalue weighted by Crippen LogP contribution is -2.39. The molecular weight excluding hydrogens is 424 g/mol. The maximum absolute atomic E-state index is 13.4. The first-order valence-corrected chi connectivity index (χ1v) is 11.7. The fourth-order valence-electron chi connectivity index (χ4n) is 3.72. The van der Waals surface area contributed by atoms with Crippen LogP contribution in [0.2, 0.25) is 0 Å². The Bertz CT molecular complexity index is 1210. The second-order valence-electron chi connectivity index (χ2n) is 7.80. The number of nitrogens with one attached hydrogen (secondary N) is 1. The highest BCUT2D eigenvalue weighted by atomic mass is 32.2. The van der Waals surface area contributed by atoms with E-state index in [9.17, 15) is 14.4 Å². The van der Waals surface area contributed by atoms with Crippen LogP contribution < -0.4 is 10.9 Å². The molecule has 1 atom stereocenters. The Labute approximate surface area is 190 Å². The molecule has 1 saturated heterocycles. The number of urea groups is 1. The molecule has 32 heavy (non-hydrogen) atoms. The van der Waals surface area contributed by atoms with E-state index in [0.29, 0.717) is 34.8 Å². The zero-order valence-electron chi connectivity index (χ0n) is 18.2. The molecule has 3 amide bonds. The number of imide groups is 1. The summed E-state index contributed by atoms with van der Waals surface area (Å²) >= 11 is 1.19. The summed E-state index contributed by atoms with van der Waals surface area (Å²) in [4.78, 5) is 44.1. The summed E-state index contributed by atoms with van der Waals surface area (Å²) in [5.74, 6) is -0.297. The van der Waals surface area contributed by atoms with Gasteiger partial charge in [-0.3, -0.25) is 19.1 Å². The number of carbonyl (C=O) groups excluding carboxylic acids is 2. The number of hydrogen-bond acceptors (Lipinski definition) is 5. The fraction of sp³-hybridized carbons (Fsp3) is 0.333. The number of aromatic nitrogens is 2. The number of thioether (sulfide) groups is 1. The van der Waals surface area contributed by atoms with E-state index in [1.165, 1.54) is 22.2 Å². The Morgan fingerprint density at radius 1 is 1.16 bits per heavy atom. The van der Waals surface area contributed by atoms with Gasteiger partial charge in [-0.2, -0.15) is 0 Å². The number of carbonyl (C=O) groups is 2. The number of unbranched alkanes of at least 4 members (excludes halogenated alkanes) is 1. The largest absolute Gasteiger partial charge is 0.336 e. The van der Waals surface area contributed by atoms with Gasteiger partial charge in [0.25, 0.3) is 5.56 Å². The molecule has 1 aliphatic heterocycles. The van der Waals surface area contributed by atoms with Gasteiger partial charge in [-0.25, -0.2) is 9.78 Å². The Morgan fingerprint density at radius 3 is 2.59 bits per heavy atom. The van der Waals surface area contributed by atoms with Crippen molar-refractivity contribution in [3.8, 4) is 5.69 Å². The number of amides is 3. The van der Waals surface area contributed by atoms with Crippen molar-refractivity contribution in [2.45, 2.75) is 43.5 Å². The molecule has 1 unspecified atom stereocenters. The van der Waals surface area contributed by atoms with Crippen molar-refractivity contribution in [1.82, 2.24) is 19.8 Å². The summed E-state index contributed by atoms with van der Waals surface area (Å²) in [6.07, 6.45) is 3.23. The van der Waals surface area contributed by atoms with Crippen LogP contribution in [0.3, 0.4) is 0 Å². The average molecular weight is 451 g/mol. The van der Waals surface area contributed by atoms with Crippen LogP contribution in [0.15, 0.2) is 58.5 Å². The van der Waals surface area contributed by atoms with Crippen molar-refractivity contribution in [3.05, 3.63) is 64.4 Å². The van der Waals surface area contributed by atoms with Crippen molar-refractivity contribution in [2.24, 2.45) is 0 Å². The van der Waals surface area contributed by atoms with Crippen molar-refractivity contribution in [3.63, 3.8) is 0 Å². The number of benzene rings is 2. The van der Waals surface area contributed by atoms with Gasteiger partial charge < -0.3 is 5.32 Å². The smallest absolute Gasteiger partial charge is 0.324 e. The third-order valence-corrected chi connectivity index (χ3v) is 6.55. The summed E-state index contributed by atoms with van der Waals surface area (Å²) < 4.78 is 1.56. The highest BCUT2D eigenvalue weighted by molar-refractivity contribution is 8.00. The predicted molar refractivity (Wildman–Crippen MR) is 126 cm³/mol. The minimum Gasteiger partial charge on any atom is -0.336 e. The van der Waals surface area contributed by atoms with E-state index in [4.69, 9.17) is 4.98 Å². The number of fused-ring (bicyclic) bond motifs is 1. The SMILES string of the molecule is CCCCc1ccc(-n2c(SC(C)C(=O)N3CCNC3=O)nc3ccccc3c2=O)cc1. The Balaban J connectivity index is 1.73. The van der Waals surface area contributed by atoms with Gasteiger partial charge in [-0.15, -0.1) is 0 Å². The first kappa shape index (κ1) is 22.1. The van der Waals surface area contributed by atoms with E-state index in [2.05, 4.69) is 12.2 Å². The van der Waals surface area contributed by atoms with Gasteiger partial charge >= 0.3 is 6.03 Å². The molecule has 0 saturated carbocycles. The summed E-state index contributed by atoms with van der Waals surface area (Å²) in [5, 5.41) is 3.01. The monoisotopic (exact) mass is 450 g/mol. The Hall–Kier alpha value is -3.13. The molecule has 0 aliphatic carbocycles. The number of nitrogens with zero attached hydrogens (tertiary/aromatic N) is 3. The molecule has 8 heteroatoms. The average Bonchev–Trinajstić information content (AvgIpc) is 3.23.